The van der Waals surface area contributed by atoms with Gasteiger partial charge in [-0.05, 0) is 54.4 Å². The highest BCUT2D eigenvalue weighted by molar-refractivity contribution is 5.61. The van der Waals surface area contributed by atoms with E-state index in [1.807, 2.05) is 37.3 Å². The van der Waals surface area contributed by atoms with Crippen molar-refractivity contribution >= 4 is 5.69 Å². The Balaban J connectivity index is 1.53. The van der Waals surface area contributed by atoms with Gasteiger partial charge >= 0.3 is 0 Å². The molecule has 3 aromatic carbocycles. The summed E-state index contributed by atoms with van der Waals surface area (Å²) >= 11 is 0. The molecule has 0 bridgehead atoms. The standard InChI is InChI=1S/C25H25F2N3O/c1-2-31-19-11-12-23-20(13-19)25-21(15-30(23)14-17-5-3-4-6-22(17)27)24(28-29-25)16-7-9-18(26)10-8-16/h3-13,21,24-25,28-29H,2,14-15H2,1H3. The molecule has 160 valence electrons. The molecule has 3 unspecified atom stereocenters. The number of anilines is 1. The molecule has 0 aromatic heterocycles. The second kappa shape index (κ2) is 8.29. The highest BCUT2D eigenvalue weighted by atomic mass is 19.1. The molecule has 0 amide bonds. The fraction of sp³-hybridized carbons (Fsp3) is 0.280. The molecule has 0 spiro atoms. The smallest absolute Gasteiger partial charge is 0.128 e. The number of nitrogens with zero attached hydrogens (tertiary/aromatic N) is 1. The van der Waals surface area contributed by atoms with Crippen LogP contribution in [0.15, 0.2) is 66.7 Å². The zero-order chi connectivity index (χ0) is 21.4. The van der Waals surface area contributed by atoms with E-state index < -0.39 is 0 Å². The van der Waals surface area contributed by atoms with Crippen LogP contribution in [0.2, 0.25) is 0 Å². The van der Waals surface area contributed by atoms with E-state index in [4.69, 9.17) is 4.74 Å². The lowest BCUT2D eigenvalue weighted by atomic mass is 9.82. The second-order valence-corrected chi connectivity index (χ2v) is 8.08. The molecule has 2 aliphatic rings. The minimum absolute atomic E-state index is 0.0117. The summed E-state index contributed by atoms with van der Waals surface area (Å²) in [6, 6.07) is 19.7. The molecule has 2 N–H and O–H groups in total. The lowest BCUT2D eigenvalue weighted by Crippen LogP contribution is -2.39. The van der Waals surface area contributed by atoms with Crippen LogP contribution < -0.4 is 20.5 Å². The van der Waals surface area contributed by atoms with Crippen LogP contribution >= 0.6 is 0 Å². The summed E-state index contributed by atoms with van der Waals surface area (Å²) in [5.41, 5.74) is 10.7. The third kappa shape index (κ3) is 3.77. The van der Waals surface area contributed by atoms with Gasteiger partial charge in [0.25, 0.3) is 0 Å². The van der Waals surface area contributed by atoms with E-state index in [1.165, 1.54) is 18.2 Å². The zero-order valence-corrected chi connectivity index (χ0v) is 17.3. The van der Waals surface area contributed by atoms with Crippen LogP contribution in [0.1, 0.15) is 35.7 Å². The highest BCUT2D eigenvalue weighted by Gasteiger charge is 2.43. The van der Waals surface area contributed by atoms with Gasteiger partial charge in [-0.15, -0.1) is 0 Å². The van der Waals surface area contributed by atoms with E-state index in [-0.39, 0.29) is 29.6 Å². The Labute approximate surface area is 180 Å². The van der Waals surface area contributed by atoms with Crippen molar-refractivity contribution in [3.05, 3.63) is 95.1 Å². The van der Waals surface area contributed by atoms with Crippen molar-refractivity contribution in [2.75, 3.05) is 18.1 Å². The molecule has 31 heavy (non-hydrogen) atoms. The van der Waals surface area contributed by atoms with E-state index >= 15 is 0 Å². The SMILES string of the molecule is CCOc1ccc2c(c1)C1NNC(c3ccc(F)cc3)C1CN2Cc1ccccc1F. The van der Waals surface area contributed by atoms with Crippen molar-refractivity contribution in [1.82, 2.24) is 10.9 Å². The Morgan fingerprint density at radius 1 is 0.968 bits per heavy atom. The van der Waals surface area contributed by atoms with Crippen molar-refractivity contribution < 1.29 is 13.5 Å². The normalized spacial score (nSPS) is 22.2. The minimum atomic E-state index is -0.247. The first kappa shape index (κ1) is 20.0. The summed E-state index contributed by atoms with van der Waals surface area (Å²) in [5, 5.41) is 0. The molecule has 2 aliphatic heterocycles. The molecule has 3 atom stereocenters. The molecule has 1 saturated heterocycles. The third-order valence-electron chi connectivity index (χ3n) is 6.22. The molecular formula is C25H25F2N3O. The van der Waals surface area contributed by atoms with Gasteiger partial charge in [-0.1, -0.05) is 30.3 Å². The quantitative estimate of drug-likeness (QED) is 0.615. The monoisotopic (exact) mass is 421 g/mol. The molecule has 4 nitrogen and oxygen atoms in total. The zero-order valence-electron chi connectivity index (χ0n) is 17.3. The molecule has 0 saturated carbocycles. The largest absolute Gasteiger partial charge is 0.494 e. The Morgan fingerprint density at radius 3 is 2.52 bits per heavy atom. The molecule has 2 heterocycles. The van der Waals surface area contributed by atoms with Gasteiger partial charge in [0.2, 0.25) is 0 Å². The molecule has 5 rings (SSSR count). The average Bonchev–Trinajstić information content (AvgIpc) is 3.20. The fourth-order valence-electron chi connectivity index (χ4n) is 4.77. The van der Waals surface area contributed by atoms with Gasteiger partial charge in [0.1, 0.15) is 17.4 Å². The summed E-state index contributed by atoms with van der Waals surface area (Å²) in [7, 11) is 0. The third-order valence-corrected chi connectivity index (χ3v) is 6.22. The van der Waals surface area contributed by atoms with Gasteiger partial charge in [-0.3, -0.25) is 0 Å². The van der Waals surface area contributed by atoms with E-state index in [9.17, 15) is 8.78 Å². The predicted molar refractivity (Wildman–Crippen MR) is 117 cm³/mol. The van der Waals surface area contributed by atoms with E-state index in [0.29, 0.717) is 18.7 Å². The first-order chi connectivity index (χ1) is 15.1. The number of hydrogen-bond donors (Lipinski definition) is 2. The van der Waals surface area contributed by atoms with Crippen LogP contribution in [0.3, 0.4) is 0 Å². The van der Waals surface area contributed by atoms with Crippen molar-refractivity contribution in [2.45, 2.75) is 25.6 Å². The summed E-state index contributed by atoms with van der Waals surface area (Å²) in [5.74, 6) is 0.555. The Hall–Kier alpha value is -2.96. The first-order valence-corrected chi connectivity index (χ1v) is 10.7. The van der Waals surface area contributed by atoms with Crippen LogP contribution in [0.25, 0.3) is 0 Å². The molecular weight excluding hydrogens is 396 g/mol. The predicted octanol–water partition coefficient (Wildman–Crippen LogP) is 4.89. The van der Waals surface area contributed by atoms with Crippen LogP contribution in [0.4, 0.5) is 14.5 Å². The number of hydrogen-bond acceptors (Lipinski definition) is 4. The molecule has 6 heteroatoms. The minimum Gasteiger partial charge on any atom is -0.494 e. The van der Waals surface area contributed by atoms with E-state index in [2.05, 4.69) is 27.9 Å². The lowest BCUT2D eigenvalue weighted by Gasteiger charge is -2.39. The summed E-state index contributed by atoms with van der Waals surface area (Å²) in [6.07, 6.45) is 0. The number of fused-ring (bicyclic) bond motifs is 3. The second-order valence-electron chi connectivity index (χ2n) is 8.08. The summed E-state index contributed by atoms with van der Waals surface area (Å²) < 4.78 is 33.6. The van der Waals surface area contributed by atoms with Crippen molar-refractivity contribution in [2.24, 2.45) is 5.92 Å². The number of benzene rings is 3. The molecule has 0 radical (unpaired) electrons. The first-order valence-electron chi connectivity index (χ1n) is 10.7. The number of hydrazine groups is 1. The topological polar surface area (TPSA) is 36.5 Å². The Morgan fingerprint density at radius 2 is 1.74 bits per heavy atom. The van der Waals surface area contributed by atoms with Gasteiger partial charge in [-0.2, -0.15) is 0 Å². The number of nitrogens with one attached hydrogen (secondary N) is 2. The van der Waals surface area contributed by atoms with Gasteiger partial charge in [0.05, 0.1) is 18.7 Å². The van der Waals surface area contributed by atoms with Gasteiger partial charge in [0, 0.05) is 30.3 Å². The van der Waals surface area contributed by atoms with E-state index in [1.54, 1.807) is 6.07 Å². The maximum absolute atomic E-state index is 14.4. The van der Waals surface area contributed by atoms with Crippen LogP contribution in [-0.2, 0) is 6.54 Å². The number of halogens is 2. The van der Waals surface area contributed by atoms with Crippen molar-refractivity contribution in [1.29, 1.82) is 0 Å². The van der Waals surface area contributed by atoms with Gasteiger partial charge < -0.3 is 9.64 Å². The Bertz CT molecular complexity index is 1070. The summed E-state index contributed by atoms with van der Waals surface area (Å²) in [6.45, 7) is 3.78. The molecule has 3 aromatic rings. The van der Waals surface area contributed by atoms with Crippen molar-refractivity contribution in [3.8, 4) is 5.75 Å². The van der Waals surface area contributed by atoms with Crippen molar-refractivity contribution in [3.63, 3.8) is 0 Å². The molecule has 0 aliphatic carbocycles. The lowest BCUT2D eigenvalue weighted by molar-refractivity contribution is 0.337. The number of ether oxygens (including phenoxy) is 1. The van der Waals surface area contributed by atoms with Gasteiger partial charge in [0.15, 0.2) is 0 Å². The average molecular weight is 421 g/mol. The highest BCUT2D eigenvalue weighted by Crippen LogP contribution is 2.46. The maximum atomic E-state index is 14.4. The molecule has 1 fully saturated rings. The Kier molecular flexibility index (Phi) is 5.34. The van der Waals surface area contributed by atoms with Crippen LogP contribution in [0.5, 0.6) is 5.75 Å². The summed E-state index contributed by atoms with van der Waals surface area (Å²) in [4.78, 5) is 2.23. The van der Waals surface area contributed by atoms with E-state index in [0.717, 1.165) is 29.1 Å². The van der Waals surface area contributed by atoms with Gasteiger partial charge in [-0.25, -0.2) is 19.6 Å². The maximum Gasteiger partial charge on any atom is 0.128 e. The fourth-order valence-corrected chi connectivity index (χ4v) is 4.77. The van der Waals surface area contributed by atoms with Crippen LogP contribution in [-0.4, -0.2) is 13.2 Å². The van der Waals surface area contributed by atoms with Crippen LogP contribution in [0, 0.1) is 17.6 Å². The number of rotatable bonds is 5.